The first-order valence-corrected chi connectivity index (χ1v) is 9.52. The Hall–Kier alpha value is -3.33. The molecule has 1 heterocycles. The molecule has 0 aliphatic carbocycles. The Morgan fingerprint density at radius 3 is 2.45 bits per heavy atom. The van der Waals surface area contributed by atoms with Gasteiger partial charge in [-0.25, -0.2) is 9.59 Å². The topological polar surface area (TPSA) is 111 Å². The highest BCUT2D eigenvalue weighted by atomic mass is 32.2. The Kier molecular flexibility index (Phi) is 6.18. The maximum Gasteiger partial charge on any atom is 0.338 e. The van der Waals surface area contributed by atoms with Crippen LogP contribution in [0.1, 0.15) is 27.6 Å². The predicted octanol–water partition coefficient (Wildman–Crippen LogP) is 2.70. The molecule has 2 aromatic rings. The average Bonchev–Trinajstić information content (AvgIpc) is 2.72. The van der Waals surface area contributed by atoms with E-state index in [4.69, 9.17) is 4.74 Å². The van der Waals surface area contributed by atoms with Gasteiger partial charge in [-0.3, -0.25) is 9.59 Å². The number of hydrogen-bond acceptors (Lipinski definition) is 7. The van der Waals surface area contributed by atoms with Crippen molar-refractivity contribution in [3.8, 4) is 0 Å². The highest BCUT2D eigenvalue weighted by molar-refractivity contribution is 8.00. The van der Waals surface area contributed by atoms with E-state index in [-0.39, 0.29) is 16.7 Å². The van der Waals surface area contributed by atoms with Crippen LogP contribution in [0.5, 0.6) is 0 Å². The Balaban J connectivity index is 1.55. The zero-order chi connectivity index (χ0) is 21.0. The molecule has 2 amide bonds. The van der Waals surface area contributed by atoms with Crippen molar-refractivity contribution in [3.63, 3.8) is 0 Å². The van der Waals surface area contributed by atoms with Crippen LogP contribution in [0.15, 0.2) is 47.4 Å². The molecule has 0 spiro atoms. The second-order valence-electron chi connectivity index (χ2n) is 6.15. The number of nitrogens with one attached hydrogen (secondary N) is 2. The van der Waals surface area contributed by atoms with Crippen LogP contribution in [0.2, 0.25) is 0 Å². The van der Waals surface area contributed by atoms with Crippen LogP contribution in [0, 0.1) is 0 Å². The van der Waals surface area contributed by atoms with Gasteiger partial charge in [0, 0.05) is 10.6 Å². The van der Waals surface area contributed by atoms with Crippen LogP contribution in [0.4, 0.5) is 11.4 Å². The number of hydrogen-bond donors (Lipinski definition) is 2. The van der Waals surface area contributed by atoms with Gasteiger partial charge >= 0.3 is 11.9 Å². The molecule has 29 heavy (non-hydrogen) atoms. The number of methoxy groups -OCH3 is 1. The first kappa shape index (κ1) is 20.4. The van der Waals surface area contributed by atoms with E-state index in [1.165, 1.54) is 49.2 Å². The Morgan fingerprint density at radius 2 is 1.76 bits per heavy atom. The first-order chi connectivity index (χ1) is 13.9. The molecule has 0 radical (unpaired) electrons. The van der Waals surface area contributed by atoms with E-state index >= 15 is 0 Å². The Bertz CT molecular complexity index is 973. The smallest absolute Gasteiger partial charge is 0.338 e. The highest BCUT2D eigenvalue weighted by Gasteiger charge is 2.24. The van der Waals surface area contributed by atoms with Crippen LogP contribution in [-0.4, -0.2) is 42.7 Å². The van der Waals surface area contributed by atoms with E-state index in [0.29, 0.717) is 16.9 Å². The fourth-order valence-electron chi connectivity index (χ4n) is 2.55. The standard InChI is InChI=1S/C20H18N2O6S/c1-11-18(24)22-15-9-13(5-8-16(15)29-11)20(26)28-10-17(23)21-14-6-3-12(4-7-14)19(25)27-2/h3-9,11H,10H2,1-2H3,(H,21,23)(H,22,24). The van der Waals surface area contributed by atoms with Gasteiger partial charge in [-0.2, -0.15) is 0 Å². The minimum Gasteiger partial charge on any atom is -0.465 e. The lowest BCUT2D eigenvalue weighted by Crippen LogP contribution is -2.26. The predicted molar refractivity (Wildman–Crippen MR) is 107 cm³/mol. The van der Waals surface area contributed by atoms with Crippen molar-refractivity contribution in [2.75, 3.05) is 24.4 Å². The fourth-order valence-corrected chi connectivity index (χ4v) is 3.49. The van der Waals surface area contributed by atoms with Gasteiger partial charge in [0.1, 0.15) is 0 Å². The first-order valence-electron chi connectivity index (χ1n) is 8.64. The Morgan fingerprint density at radius 1 is 1.07 bits per heavy atom. The SMILES string of the molecule is COC(=O)c1ccc(NC(=O)COC(=O)c2ccc3c(c2)NC(=O)C(C)S3)cc1. The number of carbonyl (C=O) groups is 4. The molecule has 2 N–H and O–H groups in total. The zero-order valence-corrected chi connectivity index (χ0v) is 16.5. The van der Waals surface area contributed by atoms with E-state index in [2.05, 4.69) is 15.4 Å². The zero-order valence-electron chi connectivity index (χ0n) is 15.7. The van der Waals surface area contributed by atoms with Crippen molar-refractivity contribution in [2.45, 2.75) is 17.1 Å². The lowest BCUT2D eigenvalue weighted by atomic mass is 10.2. The molecule has 1 aliphatic heterocycles. The highest BCUT2D eigenvalue weighted by Crippen LogP contribution is 2.36. The average molecular weight is 414 g/mol. The number of benzene rings is 2. The molecule has 0 fully saturated rings. The summed E-state index contributed by atoms with van der Waals surface area (Å²) in [7, 11) is 1.28. The maximum atomic E-state index is 12.2. The third-order valence-electron chi connectivity index (χ3n) is 4.07. The summed E-state index contributed by atoms with van der Waals surface area (Å²) >= 11 is 1.41. The molecule has 0 saturated heterocycles. The minimum absolute atomic E-state index is 0.134. The van der Waals surface area contributed by atoms with Gasteiger partial charge in [-0.1, -0.05) is 0 Å². The van der Waals surface area contributed by atoms with Crippen molar-refractivity contribution < 1.29 is 28.7 Å². The van der Waals surface area contributed by atoms with Gasteiger partial charge in [0.15, 0.2) is 6.61 Å². The number of anilines is 2. The lowest BCUT2D eigenvalue weighted by Gasteiger charge is -2.21. The molecule has 0 bridgehead atoms. The summed E-state index contributed by atoms with van der Waals surface area (Å²) in [6.07, 6.45) is 0. The molecule has 3 rings (SSSR count). The molecule has 1 atom stereocenters. The molecular formula is C20H18N2O6S. The number of rotatable bonds is 5. The van der Waals surface area contributed by atoms with Gasteiger partial charge in [0.2, 0.25) is 5.91 Å². The quantitative estimate of drug-likeness (QED) is 0.724. The van der Waals surface area contributed by atoms with Gasteiger partial charge in [0.05, 0.1) is 29.2 Å². The number of fused-ring (bicyclic) bond motifs is 1. The second-order valence-corrected chi connectivity index (χ2v) is 7.54. The van der Waals surface area contributed by atoms with Gasteiger partial charge in [0.25, 0.3) is 5.91 Å². The fraction of sp³-hybridized carbons (Fsp3) is 0.200. The number of ether oxygens (including phenoxy) is 2. The number of esters is 2. The molecule has 1 unspecified atom stereocenters. The summed E-state index contributed by atoms with van der Waals surface area (Å²) in [6, 6.07) is 10.9. The van der Waals surface area contributed by atoms with Gasteiger partial charge in [-0.15, -0.1) is 11.8 Å². The van der Waals surface area contributed by atoms with Gasteiger partial charge in [-0.05, 0) is 49.4 Å². The van der Waals surface area contributed by atoms with E-state index < -0.39 is 24.5 Å². The summed E-state index contributed by atoms with van der Waals surface area (Å²) in [4.78, 5) is 48.2. The molecule has 8 nitrogen and oxygen atoms in total. The van der Waals surface area contributed by atoms with Gasteiger partial charge < -0.3 is 20.1 Å². The van der Waals surface area contributed by atoms with E-state index in [0.717, 1.165) is 4.90 Å². The van der Waals surface area contributed by atoms with Crippen LogP contribution < -0.4 is 10.6 Å². The summed E-state index contributed by atoms with van der Waals surface area (Å²) in [5.74, 6) is -1.82. The van der Waals surface area contributed by atoms with Crippen LogP contribution in [0.25, 0.3) is 0 Å². The monoisotopic (exact) mass is 414 g/mol. The molecule has 0 aromatic heterocycles. The maximum absolute atomic E-state index is 12.2. The molecule has 1 aliphatic rings. The summed E-state index contributed by atoms with van der Waals surface area (Å²) in [6.45, 7) is 1.32. The molecule has 9 heteroatoms. The summed E-state index contributed by atoms with van der Waals surface area (Å²) in [5.41, 5.74) is 1.57. The van der Waals surface area contributed by atoms with E-state index in [1.54, 1.807) is 19.1 Å². The number of thioether (sulfide) groups is 1. The van der Waals surface area contributed by atoms with Crippen molar-refractivity contribution >= 4 is 46.9 Å². The van der Waals surface area contributed by atoms with E-state index in [1.807, 2.05) is 0 Å². The second kappa shape index (κ2) is 8.78. The van der Waals surface area contributed by atoms with Crippen molar-refractivity contribution in [3.05, 3.63) is 53.6 Å². The largest absolute Gasteiger partial charge is 0.465 e. The van der Waals surface area contributed by atoms with Crippen molar-refractivity contribution in [2.24, 2.45) is 0 Å². The van der Waals surface area contributed by atoms with Crippen molar-refractivity contribution in [1.82, 2.24) is 0 Å². The number of carbonyl (C=O) groups excluding carboxylic acids is 4. The number of amides is 2. The van der Waals surface area contributed by atoms with Crippen LogP contribution >= 0.6 is 11.8 Å². The molecule has 2 aromatic carbocycles. The Labute approximate surface area is 170 Å². The third-order valence-corrected chi connectivity index (χ3v) is 5.25. The minimum atomic E-state index is -0.679. The van der Waals surface area contributed by atoms with Crippen molar-refractivity contribution in [1.29, 1.82) is 0 Å². The summed E-state index contributed by atoms with van der Waals surface area (Å²) in [5, 5.41) is 5.10. The van der Waals surface area contributed by atoms with Crippen LogP contribution in [-0.2, 0) is 19.1 Å². The van der Waals surface area contributed by atoms with Crippen LogP contribution in [0.3, 0.4) is 0 Å². The molecular weight excluding hydrogens is 396 g/mol. The third kappa shape index (κ3) is 4.94. The molecule has 150 valence electrons. The van der Waals surface area contributed by atoms with E-state index in [9.17, 15) is 19.2 Å². The summed E-state index contributed by atoms with van der Waals surface area (Å²) < 4.78 is 9.64. The normalized spacial score (nSPS) is 15.0. The molecule has 0 saturated carbocycles. The lowest BCUT2D eigenvalue weighted by molar-refractivity contribution is -0.119.